The van der Waals surface area contributed by atoms with Gasteiger partial charge in [-0.3, -0.25) is 9.59 Å². The number of benzene rings is 1. The van der Waals surface area contributed by atoms with E-state index in [0.717, 1.165) is 56.9 Å². The van der Waals surface area contributed by atoms with Gasteiger partial charge in [0.2, 0.25) is 0 Å². The van der Waals surface area contributed by atoms with Crippen molar-refractivity contribution in [1.82, 2.24) is 0 Å². The van der Waals surface area contributed by atoms with E-state index in [1.807, 2.05) is 30.3 Å². The summed E-state index contributed by atoms with van der Waals surface area (Å²) in [5.41, 5.74) is 2.52. The number of ether oxygens (including phenoxy) is 1. The molecule has 212 valence electrons. The molecule has 2 unspecified atom stereocenters. The Morgan fingerprint density at radius 2 is 1.67 bits per heavy atom. The molecule has 3 nitrogen and oxygen atoms in total. The summed E-state index contributed by atoms with van der Waals surface area (Å²) in [6.45, 7) is 14.9. The zero-order valence-corrected chi connectivity index (χ0v) is 25.3. The van der Waals surface area contributed by atoms with Crippen LogP contribution < -0.4 is 0 Å². The van der Waals surface area contributed by atoms with Crippen LogP contribution in [0.2, 0.25) is 0 Å². The molecular formula is C36H50O3. The van der Waals surface area contributed by atoms with Gasteiger partial charge in [-0.1, -0.05) is 96.4 Å². The normalized spacial score (nSPS) is 44.7. The maximum absolute atomic E-state index is 14.1. The summed E-state index contributed by atoms with van der Waals surface area (Å²) in [5.74, 6) is 2.34. The van der Waals surface area contributed by atoms with Gasteiger partial charge in [-0.05, 0) is 90.4 Å². The van der Waals surface area contributed by atoms with Crippen LogP contribution in [0, 0.1) is 50.7 Å². The Hall–Kier alpha value is -1.90. The molecule has 0 aromatic heterocycles. The Kier molecular flexibility index (Phi) is 6.33. The van der Waals surface area contributed by atoms with Crippen LogP contribution in [-0.2, 0) is 20.9 Å². The van der Waals surface area contributed by atoms with Gasteiger partial charge in [-0.2, -0.15) is 0 Å². The van der Waals surface area contributed by atoms with Crippen molar-refractivity contribution in [2.75, 3.05) is 0 Å². The van der Waals surface area contributed by atoms with Gasteiger partial charge < -0.3 is 4.74 Å². The molecule has 0 N–H and O–H groups in total. The third kappa shape index (κ3) is 3.66. The van der Waals surface area contributed by atoms with Crippen LogP contribution in [0.5, 0.6) is 0 Å². The number of ketones is 1. The van der Waals surface area contributed by atoms with E-state index < -0.39 is 0 Å². The van der Waals surface area contributed by atoms with E-state index in [-0.39, 0.29) is 39.0 Å². The maximum atomic E-state index is 14.1. The summed E-state index contributed by atoms with van der Waals surface area (Å²) >= 11 is 0. The fourth-order valence-electron chi connectivity index (χ4n) is 11.4. The average Bonchev–Trinajstić information content (AvgIpc) is 2.90. The molecule has 4 saturated carbocycles. The Morgan fingerprint density at radius 3 is 2.41 bits per heavy atom. The van der Waals surface area contributed by atoms with Gasteiger partial charge in [-0.25, -0.2) is 0 Å². The lowest BCUT2D eigenvalue weighted by Gasteiger charge is -2.70. The number of carbonyl (C=O) groups is 2. The Labute approximate surface area is 236 Å². The first-order valence-electron chi connectivity index (χ1n) is 15.9. The van der Waals surface area contributed by atoms with Gasteiger partial charge >= 0.3 is 5.97 Å². The molecule has 5 aliphatic rings. The third-order valence-electron chi connectivity index (χ3n) is 13.7. The molecule has 1 aromatic carbocycles. The van der Waals surface area contributed by atoms with Crippen molar-refractivity contribution in [2.45, 2.75) is 112 Å². The van der Waals surface area contributed by atoms with Crippen LogP contribution in [0.15, 0.2) is 42.0 Å². The monoisotopic (exact) mass is 530 g/mol. The molecule has 0 heterocycles. The van der Waals surface area contributed by atoms with Crippen molar-refractivity contribution < 1.29 is 14.3 Å². The van der Waals surface area contributed by atoms with Crippen LogP contribution in [-0.4, -0.2) is 11.8 Å². The minimum Gasteiger partial charge on any atom is -0.460 e. The molecule has 0 amide bonds. The van der Waals surface area contributed by atoms with Gasteiger partial charge in [0, 0.05) is 11.8 Å². The SMILES string of the molecule is C[C@H]1CCC[C@]2(C(=O)OCc3ccccc3)CC[C@]3(C)C(=CCC4[C@@]5(C)CCC(=O)C(C)(C)C5CC[C@]43C)[C@H]12. The minimum atomic E-state index is -0.388. The highest BCUT2D eigenvalue weighted by Gasteiger charge is 2.69. The third-order valence-corrected chi connectivity index (χ3v) is 13.7. The summed E-state index contributed by atoms with van der Waals surface area (Å²) < 4.78 is 6.14. The fraction of sp³-hybridized carbons (Fsp3) is 0.722. The molecule has 1 aromatic rings. The molecule has 0 bridgehead atoms. The maximum Gasteiger partial charge on any atom is 0.313 e. The second kappa shape index (κ2) is 9.05. The van der Waals surface area contributed by atoms with Gasteiger partial charge in [0.25, 0.3) is 0 Å². The highest BCUT2D eigenvalue weighted by atomic mass is 16.5. The molecular weight excluding hydrogens is 480 g/mol. The van der Waals surface area contributed by atoms with E-state index >= 15 is 0 Å². The molecule has 5 aliphatic carbocycles. The minimum absolute atomic E-state index is 0.0429. The van der Waals surface area contributed by atoms with E-state index in [2.05, 4.69) is 47.6 Å². The molecule has 0 radical (unpaired) electrons. The predicted molar refractivity (Wildman–Crippen MR) is 156 cm³/mol. The fourth-order valence-corrected chi connectivity index (χ4v) is 11.4. The van der Waals surface area contributed by atoms with E-state index in [9.17, 15) is 9.59 Å². The number of esters is 1. The number of rotatable bonds is 3. The van der Waals surface area contributed by atoms with E-state index in [1.165, 1.54) is 12.8 Å². The summed E-state index contributed by atoms with van der Waals surface area (Å²) in [4.78, 5) is 27.1. The van der Waals surface area contributed by atoms with Crippen molar-refractivity contribution in [3.05, 3.63) is 47.5 Å². The number of hydrogen-bond donors (Lipinski definition) is 0. The van der Waals surface area contributed by atoms with E-state index in [1.54, 1.807) is 5.57 Å². The Balaban J connectivity index is 1.36. The van der Waals surface area contributed by atoms with E-state index in [4.69, 9.17) is 4.74 Å². The lowest BCUT2D eigenvalue weighted by atomic mass is 9.33. The van der Waals surface area contributed by atoms with Crippen molar-refractivity contribution in [3.63, 3.8) is 0 Å². The topological polar surface area (TPSA) is 43.4 Å². The van der Waals surface area contributed by atoms with Gasteiger partial charge in [0.1, 0.15) is 12.4 Å². The molecule has 8 atom stereocenters. The number of carbonyl (C=O) groups excluding carboxylic acids is 2. The lowest BCUT2D eigenvalue weighted by Crippen LogP contribution is -2.64. The second-order valence-electron chi connectivity index (χ2n) is 15.5. The molecule has 4 fully saturated rings. The van der Waals surface area contributed by atoms with E-state index in [0.29, 0.717) is 30.1 Å². The Bertz CT molecular complexity index is 1180. The van der Waals surface area contributed by atoms with Crippen molar-refractivity contribution >= 4 is 11.8 Å². The van der Waals surface area contributed by atoms with Gasteiger partial charge in [-0.15, -0.1) is 0 Å². The number of allylic oxidation sites excluding steroid dienone is 2. The summed E-state index contributed by atoms with van der Waals surface area (Å²) in [6.07, 6.45) is 13.1. The van der Waals surface area contributed by atoms with Crippen LogP contribution in [0.1, 0.15) is 111 Å². The first-order chi connectivity index (χ1) is 18.4. The standard InChI is InChI=1S/C36H50O3/c1-24-11-10-18-36(31(38)39-23-25-12-8-7-9-13-25)22-21-34(5)26(30(24)36)14-15-28-33(4)19-17-29(37)32(2,3)27(33)16-20-35(28,34)6/h7-9,12-14,24,27-28,30H,10-11,15-23H2,1-6H3/t24-,27?,28?,30-,33-,34+,35+,36-/m0/s1. The molecule has 6 rings (SSSR count). The van der Waals surface area contributed by atoms with Crippen molar-refractivity contribution in [1.29, 1.82) is 0 Å². The highest BCUT2D eigenvalue weighted by molar-refractivity contribution is 5.85. The van der Waals surface area contributed by atoms with Gasteiger partial charge in [0.15, 0.2) is 0 Å². The summed E-state index contributed by atoms with van der Waals surface area (Å²) in [6, 6.07) is 10.1. The number of Topliss-reactive ketones (excluding diaryl/α,β-unsaturated/α-hetero) is 1. The smallest absolute Gasteiger partial charge is 0.313 e. The summed E-state index contributed by atoms with van der Waals surface area (Å²) in [7, 11) is 0. The van der Waals surface area contributed by atoms with Crippen LogP contribution in [0.3, 0.4) is 0 Å². The van der Waals surface area contributed by atoms with Crippen LogP contribution in [0.4, 0.5) is 0 Å². The molecule has 0 aliphatic heterocycles. The quantitative estimate of drug-likeness (QED) is 0.290. The molecule has 0 spiro atoms. The second-order valence-corrected chi connectivity index (χ2v) is 15.5. The first-order valence-corrected chi connectivity index (χ1v) is 15.9. The summed E-state index contributed by atoms with van der Waals surface area (Å²) in [5, 5.41) is 0. The lowest BCUT2D eigenvalue weighted by molar-refractivity contribution is -0.191. The highest BCUT2D eigenvalue weighted by Crippen LogP contribution is 2.75. The number of hydrogen-bond acceptors (Lipinski definition) is 3. The van der Waals surface area contributed by atoms with Crippen molar-refractivity contribution in [3.8, 4) is 0 Å². The van der Waals surface area contributed by atoms with Gasteiger partial charge in [0.05, 0.1) is 5.41 Å². The predicted octanol–water partition coefficient (Wildman–Crippen LogP) is 8.71. The molecule has 39 heavy (non-hydrogen) atoms. The van der Waals surface area contributed by atoms with Crippen LogP contribution in [0.25, 0.3) is 0 Å². The first kappa shape index (κ1) is 27.3. The molecule has 0 saturated heterocycles. The average molecular weight is 531 g/mol. The van der Waals surface area contributed by atoms with Crippen LogP contribution >= 0.6 is 0 Å². The largest absolute Gasteiger partial charge is 0.460 e. The zero-order chi connectivity index (χ0) is 27.8. The van der Waals surface area contributed by atoms with Crippen molar-refractivity contribution in [2.24, 2.45) is 50.7 Å². The number of fused-ring (bicyclic) bond motifs is 7. The molecule has 3 heteroatoms. The zero-order valence-electron chi connectivity index (χ0n) is 25.3. The Morgan fingerprint density at radius 1 is 0.923 bits per heavy atom.